The maximum Gasteiger partial charge on any atom is 0.246 e. The van der Waals surface area contributed by atoms with Crippen LogP contribution in [0.4, 0.5) is 0 Å². The molecule has 2 aromatic carbocycles. The first kappa shape index (κ1) is 20.2. The lowest BCUT2D eigenvalue weighted by Crippen LogP contribution is -2.26. The van der Waals surface area contributed by atoms with Gasteiger partial charge in [0.05, 0.1) is 13.7 Å². The minimum atomic E-state index is 0.0191. The van der Waals surface area contributed by atoms with Crippen LogP contribution >= 0.6 is 23.4 Å². The zero-order valence-electron chi connectivity index (χ0n) is 15.6. The van der Waals surface area contributed by atoms with Gasteiger partial charge in [0, 0.05) is 34.7 Å². The molecule has 8 heteroatoms. The maximum atomic E-state index is 12.3. The first-order valence-electron chi connectivity index (χ1n) is 8.64. The molecule has 0 aliphatic rings. The number of thioether (sulfide) groups is 1. The third-order valence-electron chi connectivity index (χ3n) is 4.01. The van der Waals surface area contributed by atoms with Crippen molar-refractivity contribution in [1.29, 1.82) is 0 Å². The van der Waals surface area contributed by atoms with Crippen LogP contribution in [0.1, 0.15) is 12.3 Å². The van der Waals surface area contributed by atoms with Gasteiger partial charge in [-0.05, 0) is 48.5 Å². The number of hydrogen-bond donors (Lipinski definition) is 0. The Labute approximate surface area is 172 Å². The summed E-state index contributed by atoms with van der Waals surface area (Å²) in [6.45, 7) is 0.271. The van der Waals surface area contributed by atoms with Crippen molar-refractivity contribution < 1.29 is 14.1 Å². The molecule has 0 bridgehead atoms. The molecule has 1 heterocycles. The molecule has 0 fully saturated rings. The highest BCUT2D eigenvalue weighted by Crippen LogP contribution is 2.22. The number of rotatable bonds is 8. The highest BCUT2D eigenvalue weighted by molar-refractivity contribution is 7.99. The summed E-state index contributed by atoms with van der Waals surface area (Å²) in [7, 11) is 3.34. The summed E-state index contributed by atoms with van der Waals surface area (Å²) in [6.07, 6.45) is 0.420. The Morgan fingerprint density at radius 3 is 2.57 bits per heavy atom. The van der Waals surface area contributed by atoms with Gasteiger partial charge in [0.25, 0.3) is 0 Å². The van der Waals surface area contributed by atoms with Crippen molar-refractivity contribution in [3.05, 3.63) is 59.4 Å². The number of aromatic nitrogens is 2. The Kier molecular flexibility index (Phi) is 6.95. The van der Waals surface area contributed by atoms with Crippen LogP contribution in [0.5, 0.6) is 5.75 Å². The minimum Gasteiger partial charge on any atom is -0.497 e. The van der Waals surface area contributed by atoms with Crippen LogP contribution in [0, 0.1) is 0 Å². The van der Waals surface area contributed by atoms with Crippen molar-refractivity contribution in [2.45, 2.75) is 17.9 Å². The van der Waals surface area contributed by atoms with Gasteiger partial charge in [-0.3, -0.25) is 4.79 Å². The fraction of sp³-hybridized carbons (Fsp3) is 0.250. The molecule has 0 radical (unpaired) electrons. The number of nitrogens with zero attached hydrogens (tertiary/aromatic N) is 3. The number of amides is 1. The lowest BCUT2D eigenvalue weighted by Gasteiger charge is -2.14. The lowest BCUT2D eigenvalue weighted by molar-refractivity contribution is -0.130. The predicted molar refractivity (Wildman–Crippen MR) is 110 cm³/mol. The Bertz CT molecular complexity index is 913. The molecule has 6 nitrogen and oxygen atoms in total. The first-order valence-corrected chi connectivity index (χ1v) is 10.0. The molecule has 28 heavy (non-hydrogen) atoms. The Morgan fingerprint density at radius 1 is 1.18 bits per heavy atom. The number of carbonyl (C=O) groups is 1. The number of methoxy groups -OCH3 is 1. The highest BCUT2D eigenvalue weighted by Gasteiger charge is 2.15. The van der Waals surface area contributed by atoms with E-state index in [0.29, 0.717) is 28.9 Å². The highest BCUT2D eigenvalue weighted by atomic mass is 35.5. The van der Waals surface area contributed by atoms with Crippen molar-refractivity contribution in [2.24, 2.45) is 0 Å². The third-order valence-corrected chi connectivity index (χ3v) is 5.28. The van der Waals surface area contributed by atoms with Crippen molar-refractivity contribution in [3.63, 3.8) is 0 Å². The molecule has 0 saturated carbocycles. The van der Waals surface area contributed by atoms with E-state index < -0.39 is 0 Å². The van der Waals surface area contributed by atoms with E-state index >= 15 is 0 Å². The average Bonchev–Trinajstić information content (AvgIpc) is 3.18. The molecule has 0 aliphatic heterocycles. The standard InChI is InChI=1S/C20H20ClN3O3S/c1-24(19(25)11-12-28-17-9-5-15(21)6-10-17)13-18-22-20(23-27-18)14-3-7-16(26-2)8-4-14/h3-10H,11-13H2,1-2H3. The van der Waals surface area contributed by atoms with E-state index in [1.165, 1.54) is 0 Å². The molecular formula is C20H20ClN3O3S. The molecule has 0 unspecified atom stereocenters. The number of halogens is 1. The van der Waals surface area contributed by atoms with E-state index in [9.17, 15) is 4.79 Å². The average molecular weight is 418 g/mol. The molecular weight excluding hydrogens is 398 g/mol. The maximum absolute atomic E-state index is 12.3. The first-order chi connectivity index (χ1) is 13.5. The quantitative estimate of drug-likeness (QED) is 0.501. The van der Waals surface area contributed by atoms with Gasteiger partial charge in [0.2, 0.25) is 17.6 Å². The third kappa shape index (κ3) is 5.50. The normalized spacial score (nSPS) is 10.7. The van der Waals surface area contributed by atoms with Gasteiger partial charge in [-0.15, -0.1) is 11.8 Å². The van der Waals surface area contributed by atoms with Crippen LogP contribution in [-0.2, 0) is 11.3 Å². The molecule has 0 aliphatic carbocycles. The number of benzene rings is 2. The van der Waals surface area contributed by atoms with Crippen LogP contribution in [0.2, 0.25) is 5.02 Å². The van der Waals surface area contributed by atoms with Crippen molar-refractivity contribution in [2.75, 3.05) is 19.9 Å². The van der Waals surface area contributed by atoms with E-state index in [-0.39, 0.29) is 12.5 Å². The van der Waals surface area contributed by atoms with Crippen molar-refractivity contribution in [3.8, 4) is 17.1 Å². The molecule has 0 saturated heterocycles. The van der Waals surface area contributed by atoms with Crippen molar-refractivity contribution in [1.82, 2.24) is 15.0 Å². The molecule has 3 aromatic rings. The Morgan fingerprint density at radius 2 is 1.89 bits per heavy atom. The number of carbonyl (C=O) groups excluding carboxylic acids is 1. The largest absolute Gasteiger partial charge is 0.497 e. The summed E-state index contributed by atoms with van der Waals surface area (Å²) >= 11 is 7.49. The summed E-state index contributed by atoms with van der Waals surface area (Å²) in [5.74, 6) is 2.34. The van der Waals surface area contributed by atoms with E-state index in [4.69, 9.17) is 20.9 Å². The van der Waals surface area contributed by atoms with Gasteiger partial charge in [-0.25, -0.2) is 0 Å². The monoisotopic (exact) mass is 417 g/mol. The summed E-state index contributed by atoms with van der Waals surface area (Å²) in [5.41, 5.74) is 0.823. The van der Waals surface area contributed by atoms with E-state index in [2.05, 4.69) is 10.1 Å². The summed E-state index contributed by atoms with van der Waals surface area (Å²) in [5, 5.41) is 4.69. The predicted octanol–water partition coefficient (Wildman–Crippen LogP) is 4.54. The molecule has 0 atom stereocenters. The van der Waals surface area contributed by atoms with Crippen LogP contribution in [0.15, 0.2) is 57.9 Å². The van der Waals surface area contributed by atoms with E-state index in [0.717, 1.165) is 16.2 Å². The van der Waals surface area contributed by atoms with Gasteiger partial charge >= 0.3 is 0 Å². The molecule has 3 rings (SSSR count). The molecule has 146 valence electrons. The second-order valence-corrected chi connectivity index (χ2v) is 7.65. The van der Waals surface area contributed by atoms with Crippen LogP contribution in [0.25, 0.3) is 11.4 Å². The lowest BCUT2D eigenvalue weighted by atomic mass is 10.2. The smallest absolute Gasteiger partial charge is 0.246 e. The molecule has 1 aromatic heterocycles. The van der Waals surface area contributed by atoms with Gasteiger partial charge < -0.3 is 14.2 Å². The zero-order chi connectivity index (χ0) is 19.9. The van der Waals surface area contributed by atoms with Gasteiger partial charge in [-0.2, -0.15) is 4.98 Å². The van der Waals surface area contributed by atoms with E-state index in [1.54, 1.807) is 30.8 Å². The fourth-order valence-electron chi connectivity index (χ4n) is 2.45. The van der Waals surface area contributed by atoms with Gasteiger partial charge in [0.15, 0.2) is 0 Å². The molecule has 0 N–H and O–H groups in total. The second kappa shape index (κ2) is 9.61. The van der Waals surface area contributed by atoms with Crippen molar-refractivity contribution >= 4 is 29.3 Å². The zero-order valence-corrected chi connectivity index (χ0v) is 17.2. The SMILES string of the molecule is COc1ccc(-c2noc(CN(C)C(=O)CCSc3ccc(Cl)cc3)n2)cc1. The van der Waals surface area contributed by atoms with E-state index in [1.807, 2.05) is 48.5 Å². The molecule has 1 amide bonds. The van der Waals surface area contributed by atoms with Crippen LogP contribution in [0.3, 0.4) is 0 Å². The fourth-order valence-corrected chi connectivity index (χ4v) is 3.41. The Hall–Kier alpha value is -2.51. The minimum absolute atomic E-state index is 0.0191. The van der Waals surface area contributed by atoms with Crippen LogP contribution in [-0.4, -0.2) is 40.9 Å². The van der Waals surface area contributed by atoms with Gasteiger partial charge in [-0.1, -0.05) is 16.8 Å². The second-order valence-electron chi connectivity index (χ2n) is 6.04. The van der Waals surface area contributed by atoms with Crippen LogP contribution < -0.4 is 4.74 Å². The number of ether oxygens (including phenoxy) is 1. The number of hydrogen-bond acceptors (Lipinski definition) is 6. The summed E-state index contributed by atoms with van der Waals surface area (Å²) < 4.78 is 10.4. The topological polar surface area (TPSA) is 68.5 Å². The Balaban J connectivity index is 1.49. The summed E-state index contributed by atoms with van der Waals surface area (Å²) in [6, 6.07) is 15.0. The van der Waals surface area contributed by atoms with Gasteiger partial charge in [0.1, 0.15) is 5.75 Å². The summed E-state index contributed by atoms with van der Waals surface area (Å²) in [4.78, 5) is 19.4. The molecule has 0 spiro atoms.